The lowest BCUT2D eigenvalue weighted by molar-refractivity contribution is -0.176. The molecule has 0 aromatic heterocycles. The average Bonchev–Trinajstić information content (AvgIpc) is 2.60. The fraction of sp³-hybridized carbons (Fsp3) is 0.650. The molecule has 0 saturated heterocycles. The molecule has 9 heteroatoms. The maximum Gasteiger partial charge on any atom is 0.411 e. The maximum absolute atomic E-state index is 12.1. The molecule has 0 amide bonds. The molecule has 1 aromatic carbocycles. The Labute approximate surface area is 189 Å². The van der Waals surface area contributed by atoms with Crippen LogP contribution < -0.4 is 10.6 Å². The third-order valence-electron chi connectivity index (χ3n) is 4.23. The third-order valence-corrected chi connectivity index (χ3v) is 4.23. The number of alkyl halides is 3. The van der Waals surface area contributed by atoms with Gasteiger partial charge in [0, 0.05) is 38.8 Å². The summed E-state index contributed by atoms with van der Waals surface area (Å²) in [4.78, 5) is 6.62. The minimum atomic E-state index is -4.30. The van der Waals surface area contributed by atoms with Crippen LogP contribution in [0.2, 0.25) is 0 Å². The van der Waals surface area contributed by atoms with Gasteiger partial charge in [-0.25, -0.2) is 0 Å². The number of benzene rings is 1. The summed E-state index contributed by atoms with van der Waals surface area (Å²) in [5, 5.41) is 6.54. The van der Waals surface area contributed by atoms with Crippen LogP contribution in [0.5, 0.6) is 0 Å². The maximum atomic E-state index is 12.1. The van der Waals surface area contributed by atoms with E-state index < -0.39 is 12.8 Å². The molecule has 0 spiro atoms. The van der Waals surface area contributed by atoms with Crippen molar-refractivity contribution in [2.45, 2.75) is 59.1 Å². The van der Waals surface area contributed by atoms with E-state index in [0.29, 0.717) is 30.2 Å². The first-order valence-corrected chi connectivity index (χ1v) is 9.55. The van der Waals surface area contributed by atoms with Crippen molar-refractivity contribution in [2.24, 2.45) is 4.99 Å². The number of hydrogen-bond donors (Lipinski definition) is 2. The van der Waals surface area contributed by atoms with Crippen LogP contribution in [-0.2, 0) is 17.9 Å². The van der Waals surface area contributed by atoms with E-state index in [0.717, 1.165) is 18.7 Å². The zero-order valence-corrected chi connectivity index (χ0v) is 20.2. The zero-order chi connectivity index (χ0) is 21.2. The highest BCUT2D eigenvalue weighted by atomic mass is 127. The lowest BCUT2D eigenvalue weighted by Gasteiger charge is -2.30. The Balaban J connectivity index is 0.00000784. The van der Waals surface area contributed by atoms with Crippen LogP contribution in [-0.4, -0.2) is 55.9 Å². The van der Waals surface area contributed by atoms with Crippen molar-refractivity contribution in [1.29, 1.82) is 0 Å². The largest absolute Gasteiger partial charge is 0.411 e. The van der Waals surface area contributed by atoms with Gasteiger partial charge in [0.2, 0.25) is 0 Å². The first-order valence-electron chi connectivity index (χ1n) is 9.55. The highest BCUT2D eigenvalue weighted by Crippen LogP contribution is 2.15. The summed E-state index contributed by atoms with van der Waals surface area (Å²) >= 11 is 0. The van der Waals surface area contributed by atoms with E-state index in [1.54, 1.807) is 19.2 Å². The summed E-state index contributed by atoms with van der Waals surface area (Å²) in [6, 6.07) is 8.24. The number of aliphatic imine (C=N–C) groups is 1. The smallest absolute Gasteiger partial charge is 0.367 e. The summed E-state index contributed by atoms with van der Waals surface area (Å²) in [6.45, 7) is 9.73. The molecule has 0 aliphatic rings. The second-order valence-corrected chi connectivity index (χ2v) is 7.20. The van der Waals surface area contributed by atoms with Crippen LogP contribution in [0, 0.1) is 0 Å². The number of ether oxygens (including phenoxy) is 1. The van der Waals surface area contributed by atoms with E-state index in [4.69, 9.17) is 0 Å². The van der Waals surface area contributed by atoms with Gasteiger partial charge >= 0.3 is 6.18 Å². The fourth-order valence-corrected chi connectivity index (χ4v) is 2.86. The number of hydrogen-bond acceptors (Lipinski definition) is 3. The molecule has 0 aliphatic carbocycles. The SMILES string of the molecule is CN=C(NCCN(C(C)C)C(C)C)NCc1ccc(COCC(F)(F)F)cc1.I. The molecule has 2 N–H and O–H groups in total. The van der Waals surface area contributed by atoms with E-state index in [2.05, 4.69) is 53.0 Å². The van der Waals surface area contributed by atoms with Crippen LogP contribution in [0.4, 0.5) is 13.2 Å². The Morgan fingerprint density at radius 1 is 1.03 bits per heavy atom. The van der Waals surface area contributed by atoms with Crippen molar-refractivity contribution in [3.63, 3.8) is 0 Å². The highest BCUT2D eigenvalue weighted by molar-refractivity contribution is 14.0. The lowest BCUT2D eigenvalue weighted by atomic mass is 10.1. The molecule has 0 radical (unpaired) electrons. The Bertz CT molecular complexity index is 584. The molecular weight excluding hydrogens is 496 g/mol. The highest BCUT2D eigenvalue weighted by Gasteiger charge is 2.27. The molecule has 0 saturated carbocycles. The van der Waals surface area contributed by atoms with E-state index in [9.17, 15) is 13.2 Å². The van der Waals surface area contributed by atoms with Gasteiger partial charge in [-0.3, -0.25) is 9.89 Å². The molecule has 0 bridgehead atoms. The minimum absolute atomic E-state index is 0. The average molecular weight is 530 g/mol. The first kappa shape index (κ1) is 27.9. The van der Waals surface area contributed by atoms with Crippen molar-refractivity contribution >= 4 is 29.9 Å². The molecule has 1 rings (SSSR count). The van der Waals surface area contributed by atoms with E-state index in [-0.39, 0.29) is 30.6 Å². The van der Waals surface area contributed by atoms with Crippen LogP contribution in [0.3, 0.4) is 0 Å². The Morgan fingerprint density at radius 3 is 2.07 bits per heavy atom. The number of nitrogens with zero attached hydrogens (tertiary/aromatic N) is 2. The van der Waals surface area contributed by atoms with Gasteiger partial charge in [-0.15, -0.1) is 24.0 Å². The van der Waals surface area contributed by atoms with Crippen LogP contribution >= 0.6 is 24.0 Å². The van der Waals surface area contributed by atoms with Gasteiger partial charge in [0.25, 0.3) is 0 Å². The van der Waals surface area contributed by atoms with Gasteiger partial charge in [-0.1, -0.05) is 24.3 Å². The molecule has 0 heterocycles. The molecular formula is C20H34F3IN4O. The standard InChI is InChI=1S/C20H33F3N4O.HI/c1-15(2)27(16(3)4)11-10-25-19(24-5)26-12-17-6-8-18(9-7-17)13-28-14-20(21,22)23;/h6-9,15-16H,10-14H2,1-5H3,(H2,24,25,26);1H. The second-order valence-electron chi connectivity index (χ2n) is 7.20. The second kappa shape index (κ2) is 14.0. The number of guanidine groups is 1. The molecule has 29 heavy (non-hydrogen) atoms. The zero-order valence-electron chi connectivity index (χ0n) is 17.8. The molecule has 0 atom stereocenters. The van der Waals surface area contributed by atoms with Crippen LogP contribution in [0.25, 0.3) is 0 Å². The molecule has 0 fully saturated rings. The topological polar surface area (TPSA) is 48.9 Å². The molecule has 5 nitrogen and oxygen atoms in total. The van der Waals surface area contributed by atoms with Gasteiger partial charge in [-0.2, -0.15) is 13.2 Å². The number of halogens is 4. The normalized spacial score (nSPS) is 12.4. The first-order chi connectivity index (χ1) is 13.1. The van der Waals surface area contributed by atoms with Crippen molar-refractivity contribution in [3.05, 3.63) is 35.4 Å². The Morgan fingerprint density at radius 2 is 1.59 bits per heavy atom. The van der Waals surface area contributed by atoms with Gasteiger partial charge in [-0.05, 0) is 38.8 Å². The van der Waals surface area contributed by atoms with Gasteiger partial charge in [0.05, 0.1) is 6.61 Å². The summed E-state index contributed by atoms with van der Waals surface area (Å²) in [5.74, 6) is 0.713. The quantitative estimate of drug-likeness (QED) is 0.271. The van der Waals surface area contributed by atoms with Crippen LogP contribution in [0.15, 0.2) is 29.3 Å². The molecule has 0 unspecified atom stereocenters. The predicted molar refractivity (Wildman–Crippen MR) is 123 cm³/mol. The fourth-order valence-electron chi connectivity index (χ4n) is 2.86. The molecule has 0 aliphatic heterocycles. The van der Waals surface area contributed by atoms with Crippen LogP contribution in [0.1, 0.15) is 38.8 Å². The lowest BCUT2D eigenvalue weighted by Crippen LogP contribution is -2.45. The Hall–Kier alpha value is -1.07. The number of nitrogens with one attached hydrogen (secondary N) is 2. The summed E-state index contributed by atoms with van der Waals surface area (Å²) < 4.78 is 40.9. The third kappa shape index (κ3) is 12.3. The van der Waals surface area contributed by atoms with E-state index in [1.807, 2.05) is 12.1 Å². The van der Waals surface area contributed by atoms with Crippen molar-refractivity contribution in [3.8, 4) is 0 Å². The summed E-state index contributed by atoms with van der Waals surface area (Å²) in [6.07, 6.45) is -4.30. The molecule has 1 aromatic rings. The van der Waals surface area contributed by atoms with Crippen molar-refractivity contribution in [1.82, 2.24) is 15.5 Å². The van der Waals surface area contributed by atoms with E-state index >= 15 is 0 Å². The number of rotatable bonds is 10. The Kier molecular flexibility index (Phi) is 13.5. The van der Waals surface area contributed by atoms with Gasteiger partial charge < -0.3 is 15.4 Å². The minimum Gasteiger partial charge on any atom is -0.367 e. The predicted octanol–water partition coefficient (Wildman–Crippen LogP) is 4.17. The van der Waals surface area contributed by atoms with Crippen molar-refractivity contribution < 1.29 is 17.9 Å². The van der Waals surface area contributed by atoms with Crippen molar-refractivity contribution in [2.75, 3.05) is 26.7 Å². The summed E-state index contributed by atoms with van der Waals surface area (Å²) in [5.41, 5.74) is 1.71. The van der Waals surface area contributed by atoms with E-state index in [1.165, 1.54) is 0 Å². The molecule has 168 valence electrons. The van der Waals surface area contributed by atoms with Gasteiger partial charge in [0.1, 0.15) is 6.61 Å². The monoisotopic (exact) mass is 530 g/mol. The summed E-state index contributed by atoms with van der Waals surface area (Å²) in [7, 11) is 1.72. The van der Waals surface area contributed by atoms with Gasteiger partial charge in [0.15, 0.2) is 5.96 Å².